The maximum Gasteiger partial charge on any atom is 0.297 e. The van der Waals surface area contributed by atoms with Gasteiger partial charge in [-0.05, 0) is 234 Å². The normalized spacial score (nSPS) is 20.0. The van der Waals surface area contributed by atoms with Gasteiger partial charge in [0.05, 0.1) is 17.0 Å². The first-order chi connectivity index (χ1) is 37.2. The molecule has 7 aromatic carbocycles. The maximum absolute atomic E-state index is 7.81. The van der Waals surface area contributed by atoms with Gasteiger partial charge in [0.2, 0.25) is 0 Å². The Bertz CT molecular complexity index is 3920. The van der Waals surface area contributed by atoms with Gasteiger partial charge in [0.1, 0.15) is 5.58 Å². The molecule has 1 aromatic heterocycles. The van der Waals surface area contributed by atoms with Gasteiger partial charge in [-0.1, -0.05) is 165 Å². The van der Waals surface area contributed by atoms with E-state index in [4.69, 9.17) is 4.42 Å². The van der Waals surface area contributed by atoms with Crippen molar-refractivity contribution in [2.24, 2.45) is 0 Å². The summed E-state index contributed by atoms with van der Waals surface area (Å²) >= 11 is 0. The SMILES string of the molecule is Cc1cc2c3c(c1)N(c1ccc(C(C)(C)C)cc1)c1c(oc4cc5c(cc14)C(C)(C)CCC5(C)C)B3c1cc3c(cc1N2c1cc2c(cc1-c1cccc4c1CCc1ccccc1-4)C(C)(C)CCC2(C)C)C(C)(C)CCC3(C)C. The fourth-order valence-corrected chi connectivity index (χ4v) is 16.0. The Morgan fingerprint density at radius 1 is 0.456 bits per heavy atom. The van der Waals surface area contributed by atoms with Gasteiger partial charge in [-0.2, -0.15) is 0 Å². The first-order valence-electron chi connectivity index (χ1n) is 30.2. The molecule has 0 spiro atoms. The molecular formula is C75H83BN2O. The zero-order chi connectivity index (χ0) is 55.5. The van der Waals surface area contributed by atoms with Crippen molar-refractivity contribution in [1.82, 2.24) is 0 Å². The third-order valence-corrected chi connectivity index (χ3v) is 21.4. The number of hydrogen-bond acceptors (Lipinski definition) is 3. The molecule has 8 aromatic rings. The zero-order valence-corrected chi connectivity index (χ0v) is 50.5. The number of anilines is 6. The zero-order valence-electron chi connectivity index (χ0n) is 50.5. The van der Waals surface area contributed by atoms with Crippen molar-refractivity contribution >= 4 is 68.4 Å². The molecule has 0 fully saturated rings. The van der Waals surface area contributed by atoms with Gasteiger partial charge in [0, 0.05) is 33.7 Å². The number of rotatable bonds is 3. The largest absolute Gasteiger partial charge is 0.468 e. The fraction of sp³-hybridized carbons (Fsp3) is 0.413. The number of furan rings is 1. The Kier molecular flexibility index (Phi) is 10.6. The first kappa shape index (κ1) is 50.9. The summed E-state index contributed by atoms with van der Waals surface area (Å²) in [4.78, 5) is 5.42. The molecule has 4 heteroatoms. The Hall–Kier alpha value is -6.26. The molecule has 14 rings (SSSR count). The minimum Gasteiger partial charge on any atom is -0.468 e. The molecule has 0 radical (unpaired) electrons. The summed E-state index contributed by atoms with van der Waals surface area (Å²) in [5.41, 5.74) is 32.1. The molecule has 3 nitrogen and oxygen atoms in total. The summed E-state index contributed by atoms with van der Waals surface area (Å²) in [6.07, 6.45) is 8.97. The number of benzene rings is 7. The number of nitrogens with zero attached hydrogens (tertiary/aromatic N) is 2. The third-order valence-electron chi connectivity index (χ3n) is 21.4. The monoisotopic (exact) mass is 1040 g/mol. The lowest BCUT2D eigenvalue weighted by molar-refractivity contribution is 0.332. The van der Waals surface area contributed by atoms with Crippen LogP contribution in [0.4, 0.5) is 34.1 Å². The van der Waals surface area contributed by atoms with Crippen LogP contribution in [0.15, 0.2) is 120 Å². The van der Waals surface area contributed by atoms with E-state index in [-0.39, 0.29) is 44.6 Å². The highest BCUT2D eigenvalue weighted by Crippen LogP contribution is 2.57. The van der Waals surface area contributed by atoms with Crippen LogP contribution in [0.3, 0.4) is 0 Å². The second-order valence-corrected chi connectivity index (χ2v) is 30.5. The molecule has 0 saturated heterocycles. The third kappa shape index (κ3) is 7.43. The highest BCUT2D eigenvalue weighted by atomic mass is 16.3. The van der Waals surface area contributed by atoms with Gasteiger partial charge in [-0.25, -0.2) is 0 Å². The van der Waals surface area contributed by atoms with E-state index in [1.54, 1.807) is 0 Å². The van der Waals surface area contributed by atoms with E-state index in [1.165, 1.54) is 128 Å². The van der Waals surface area contributed by atoms with Crippen LogP contribution in [0.25, 0.3) is 33.2 Å². The summed E-state index contributed by atoms with van der Waals surface area (Å²) in [7, 11) is 0. The van der Waals surface area contributed by atoms with Crippen molar-refractivity contribution in [2.75, 3.05) is 9.80 Å². The van der Waals surface area contributed by atoms with Crippen molar-refractivity contribution in [3.63, 3.8) is 0 Å². The van der Waals surface area contributed by atoms with E-state index in [0.717, 1.165) is 62.6 Å². The molecule has 0 N–H and O–H groups in total. The summed E-state index contributed by atoms with van der Waals surface area (Å²) in [5.74, 6) is 0. The lowest BCUT2D eigenvalue weighted by atomic mass is 9.35. The fourth-order valence-electron chi connectivity index (χ4n) is 16.0. The van der Waals surface area contributed by atoms with Gasteiger partial charge in [-0.15, -0.1) is 0 Å². The summed E-state index contributed by atoms with van der Waals surface area (Å²) < 4.78 is 7.81. The number of hydrogen-bond donors (Lipinski definition) is 0. The Labute approximate surface area is 473 Å². The maximum atomic E-state index is 7.81. The Balaban J connectivity index is 1.13. The van der Waals surface area contributed by atoms with E-state index in [1.807, 2.05) is 0 Å². The molecule has 0 bridgehead atoms. The van der Waals surface area contributed by atoms with Gasteiger partial charge < -0.3 is 14.2 Å². The Morgan fingerprint density at radius 2 is 0.949 bits per heavy atom. The van der Waals surface area contributed by atoms with Crippen molar-refractivity contribution in [1.29, 1.82) is 0 Å². The second kappa shape index (κ2) is 16.4. The standard InChI is InChI=1S/C75H83BN2O/c1-44-36-63-66-64(37-44)78(61-41-57-54(70(5,6)30-33-73(57,11)12)38-52(61)50-23-19-22-49-48-21-18-17-20-45(48)24-29-51(49)50)62-42-58-56(72(9,10)32-34-74(58,13)14)40-60(62)76(66)68-67(77(63)47-27-25-46(26-28-47)69(2,3)4)53-39-55-59(43-65(53)79-68)75(15,16)35-31-71(55,7)8/h17-23,25-28,36-43H,24,29-35H2,1-16H3. The number of aryl methyl sites for hydroxylation is 2. The molecule has 6 aliphatic rings. The molecule has 3 heterocycles. The van der Waals surface area contributed by atoms with E-state index in [2.05, 4.69) is 236 Å². The van der Waals surface area contributed by atoms with Crippen LogP contribution in [0.5, 0.6) is 0 Å². The van der Waals surface area contributed by atoms with Crippen molar-refractivity contribution in [3.8, 4) is 22.3 Å². The van der Waals surface area contributed by atoms with E-state index in [0.29, 0.717) is 0 Å². The molecule has 2 aliphatic heterocycles. The van der Waals surface area contributed by atoms with Crippen LogP contribution in [-0.4, -0.2) is 6.71 Å². The van der Waals surface area contributed by atoms with E-state index >= 15 is 0 Å². The van der Waals surface area contributed by atoms with E-state index in [9.17, 15) is 0 Å². The summed E-state index contributed by atoms with van der Waals surface area (Å²) in [5, 5.41) is 1.22. The highest BCUT2D eigenvalue weighted by Gasteiger charge is 2.51. The molecule has 0 amide bonds. The van der Waals surface area contributed by atoms with Gasteiger partial charge >= 0.3 is 0 Å². The molecule has 0 atom stereocenters. The minimum atomic E-state index is -0.147. The van der Waals surface area contributed by atoms with Crippen LogP contribution in [-0.2, 0) is 50.7 Å². The van der Waals surface area contributed by atoms with Crippen LogP contribution >= 0.6 is 0 Å². The second-order valence-electron chi connectivity index (χ2n) is 30.5. The molecule has 0 unspecified atom stereocenters. The molecular weight excluding hydrogens is 956 g/mol. The molecule has 4 aliphatic carbocycles. The van der Waals surface area contributed by atoms with Gasteiger partial charge in [0.15, 0.2) is 0 Å². The van der Waals surface area contributed by atoms with Crippen molar-refractivity contribution in [3.05, 3.63) is 171 Å². The van der Waals surface area contributed by atoms with Crippen LogP contribution in [0.1, 0.15) is 198 Å². The van der Waals surface area contributed by atoms with Crippen LogP contribution in [0, 0.1) is 6.92 Å². The predicted molar refractivity (Wildman–Crippen MR) is 338 cm³/mol. The average Bonchev–Trinajstić information content (AvgIpc) is 2.76. The quantitative estimate of drug-likeness (QED) is 0.164. The predicted octanol–water partition coefficient (Wildman–Crippen LogP) is 18.6. The molecule has 402 valence electrons. The van der Waals surface area contributed by atoms with Crippen molar-refractivity contribution in [2.45, 2.75) is 200 Å². The Morgan fingerprint density at radius 3 is 1.54 bits per heavy atom. The smallest absolute Gasteiger partial charge is 0.297 e. The minimum absolute atomic E-state index is 0.00446. The average molecular weight is 1040 g/mol. The lowest BCUT2D eigenvalue weighted by Crippen LogP contribution is -2.61. The molecule has 79 heavy (non-hydrogen) atoms. The summed E-state index contributed by atoms with van der Waals surface area (Å²) in [6, 6.07) is 46.7. The first-order valence-corrected chi connectivity index (χ1v) is 30.2. The highest BCUT2D eigenvalue weighted by molar-refractivity contribution is 7.00. The van der Waals surface area contributed by atoms with Crippen molar-refractivity contribution < 1.29 is 4.42 Å². The lowest BCUT2D eigenvalue weighted by Gasteiger charge is -2.47. The summed E-state index contributed by atoms with van der Waals surface area (Å²) in [6.45, 7) is 39.0. The van der Waals surface area contributed by atoms with Crippen LogP contribution < -0.4 is 26.4 Å². The topological polar surface area (TPSA) is 19.6 Å². The van der Waals surface area contributed by atoms with Gasteiger partial charge in [0.25, 0.3) is 6.71 Å². The number of fused-ring (bicyclic) bond motifs is 12. The van der Waals surface area contributed by atoms with Gasteiger partial charge in [-0.3, -0.25) is 0 Å². The van der Waals surface area contributed by atoms with E-state index < -0.39 is 0 Å². The van der Waals surface area contributed by atoms with Crippen LogP contribution in [0.2, 0.25) is 0 Å². The molecule has 0 saturated carbocycles.